The third-order valence-corrected chi connectivity index (χ3v) is 12.2. The fourth-order valence-corrected chi connectivity index (χ4v) is 9.35. The first-order chi connectivity index (χ1) is 30.3. The zero-order chi connectivity index (χ0) is 40.3. The molecule has 286 valence electrons. The van der Waals surface area contributed by atoms with Gasteiger partial charge in [-0.1, -0.05) is 170 Å². The summed E-state index contributed by atoms with van der Waals surface area (Å²) in [4.78, 5) is 2.32. The van der Waals surface area contributed by atoms with E-state index in [4.69, 9.17) is 4.42 Å². The van der Waals surface area contributed by atoms with E-state index >= 15 is 0 Å². The molecule has 0 aliphatic rings. The van der Waals surface area contributed by atoms with Gasteiger partial charge in [0.25, 0.3) is 0 Å². The van der Waals surface area contributed by atoms with Gasteiger partial charge in [0.15, 0.2) is 5.58 Å². The zero-order valence-corrected chi connectivity index (χ0v) is 33.2. The molecule has 0 aliphatic heterocycles. The Morgan fingerprint density at radius 3 is 1.62 bits per heavy atom. The molecule has 0 spiro atoms. The lowest BCUT2D eigenvalue weighted by molar-refractivity contribution is 0.669. The minimum absolute atomic E-state index is 0.860. The lowest BCUT2D eigenvalue weighted by atomic mass is 9.93. The van der Waals surface area contributed by atoms with Gasteiger partial charge in [-0.3, -0.25) is 0 Å². The molecule has 0 N–H and O–H groups in total. The van der Waals surface area contributed by atoms with E-state index in [1.165, 1.54) is 60.4 Å². The third kappa shape index (κ3) is 5.82. The van der Waals surface area contributed by atoms with Crippen LogP contribution in [0.1, 0.15) is 0 Å². The van der Waals surface area contributed by atoms with Crippen molar-refractivity contribution in [2.75, 3.05) is 4.90 Å². The van der Waals surface area contributed by atoms with Crippen LogP contribution < -0.4 is 4.90 Å². The number of benzene rings is 10. The molecule has 2 heterocycles. The summed E-state index contributed by atoms with van der Waals surface area (Å²) in [6, 6.07) is 82.9. The van der Waals surface area contributed by atoms with E-state index in [9.17, 15) is 0 Å². The predicted octanol–water partition coefficient (Wildman–Crippen LogP) is 16.3. The van der Waals surface area contributed by atoms with E-state index in [1.54, 1.807) is 0 Å². The molecule has 10 aromatic carbocycles. The second-order valence-corrected chi connectivity index (χ2v) is 15.7. The van der Waals surface area contributed by atoms with E-state index in [2.05, 4.69) is 228 Å². The molecule has 0 radical (unpaired) electrons. The molecule has 3 heteroatoms. The minimum atomic E-state index is 0.860. The molecule has 12 rings (SSSR count). The lowest BCUT2D eigenvalue weighted by Gasteiger charge is -2.26. The van der Waals surface area contributed by atoms with E-state index in [0.717, 1.165) is 50.3 Å². The highest BCUT2D eigenvalue weighted by atomic mass is 16.3. The maximum atomic E-state index is 6.65. The number of hydrogen-bond donors (Lipinski definition) is 0. The summed E-state index contributed by atoms with van der Waals surface area (Å²) in [5.74, 6) is 0. The highest BCUT2D eigenvalue weighted by Crippen LogP contribution is 2.44. The van der Waals surface area contributed by atoms with Crippen LogP contribution in [0, 0.1) is 0 Å². The van der Waals surface area contributed by atoms with E-state index in [0.29, 0.717) is 0 Å². The molecule has 12 aromatic rings. The van der Waals surface area contributed by atoms with Gasteiger partial charge >= 0.3 is 0 Å². The largest absolute Gasteiger partial charge is 0.454 e. The van der Waals surface area contributed by atoms with Gasteiger partial charge in [0, 0.05) is 38.5 Å². The number of anilines is 3. The first-order valence-electron chi connectivity index (χ1n) is 20.8. The topological polar surface area (TPSA) is 21.3 Å². The number of para-hydroxylation sites is 5. The molecule has 2 aromatic heterocycles. The van der Waals surface area contributed by atoms with E-state index < -0.39 is 0 Å². The first-order valence-corrected chi connectivity index (χ1v) is 20.8. The Morgan fingerprint density at radius 1 is 0.344 bits per heavy atom. The van der Waals surface area contributed by atoms with Crippen LogP contribution >= 0.6 is 0 Å². The summed E-state index contributed by atoms with van der Waals surface area (Å²) >= 11 is 0. The molecule has 0 saturated carbocycles. The fourth-order valence-electron chi connectivity index (χ4n) is 9.35. The Balaban J connectivity index is 0.978. The number of hydrogen-bond acceptors (Lipinski definition) is 2. The lowest BCUT2D eigenvalue weighted by Crippen LogP contribution is -2.10. The molecule has 0 unspecified atom stereocenters. The first kappa shape index (κ1) is 34.9. The zero-order valence-electron chi connectivity index (χ0n) is 33.2. The standard InChI is InChI=1S/C58H38N2O/c1-2-15-42-38-43(29-28-39(42)14-1)40-30-34-44(35-31-40)59(56-26-13-22-52-51-21-8-12-27-57(51)61-58(52)56)45-36-32-41(33-37-45)46-16-3-4-17-47(46)48-18-5-9-23-53(48)60-54-24-10-6-19-49(54)50-20-7-11-25-55(50)60/h1-38H. The molecule has 0 atom stereocenters. The minimum Gasteiger partial charge on any atom is -0.454 e. The van der Waals surface area contributed by atoms with Crippen molar-refractivity contribution in [1.29, 1.82) is 0 Å². The number of aromatic nitrogens is 1. The van der Waals surface area contributed by atoms with Crippen LogP contribution in [0.25, 0.3) is 93.6 Å². The summed E-state index contributed by atoms with van der Waals surface area (Å²) in [6.07, 6.45) is 0. The van der Waals surface area contributed by atoms with Crippen LogP contribution in [-0.4, -0.2) is 4.57 Å². The number of furan rings is 1. The van der Waals surface area contributed by atoms with Crippen LogP contribution in [0.3, 0.4) is 0 Å². The van der Waals surface area contributed by atoms with Crippen LogP contribution in [0.15, 0.2) is 235 Å². The van der Waals surface area contributed by atoms with Gasteiger partial charge in [0.1, 0.15) is 5.58 Å². The molecular weight excluding hydrogens is 741 g/mol. The number of nitrogens with zero attached hydrogens (tertiary/aromatic N) is 2. The smallest absolute Gasteiger partial charge is 0.159 e. The van der Waals surface area contributed by atoms with Crippen molar-refractivity contribution in [2.45, 2.75) is 0 Å². The van der Waals surface area contributed by atoms with Gasteiger partial charge in [-0.2, -0.15) is 0 Å². The number of fused-ring (bicyclic) bond motifs is 7. The van der Waals surface area contributed by atoms with Crippen molar-refractivity contribution >= 4 is 71.6 Å². The maximum Gasteiger partial charge on any atom is 0.159 e. The van der Waals surface area contributed by atoms with Crippen molar-refractivity contribution in [2.24, 2.45) is 0 Å². The normalized spacial score (nSPS) is 11.6. The van der Waals surface area contributed by atoms with Gasteiger partial charge in [-0.25, -0.2) is 0 Å². The van der Waals surface area contributed by atoms with Gasteiger partial charge in [-0.05, 0) is 99.3 Å². The SMILES string of the molecule is c1ccc(-c2ccccc2-n2c3ccccc3c3ccccc32)c(-c2ccc(N(c3ccc(-c4ccc5ccccc5c4)cc3)c3cccc4c3oc3ccccc34)cc2)c1. The Kier molecular flexibility index (Phi) is 8.17. The highest BCUT2D eigenvalue weighted by molar-refractivity contribution is 6.11. The van der Waals surface area contributed by atoms with Crippen molar-refractivity contribution in [1.82, 2.24) is 4.57 Å². The van der Waals surface area contributed by atoms with Crippen LogP contribution in [-0.2, 0) is 0 Å². The molecule has 0 fully saturated rings. The third-order valence-electron chi connectivity index (χ3n) is 12.2. The Bertz CT molecular complexity index is 3540. The van der Waals surface area contributed by atoms with Gasteiger partial charge in [0.05, 0.1) is 22.4 Å². The highest BCUT2D eigenvalue weighted by Gasteiger charge is 2.21. The predicted molar refractivity (Wildman–Crippen MR) is 257 cm³/mol. The summed E-state index contributed by atoms with van der Waals surface area (Å²) in [7, 11) is 0. The molecule has 0 aliphatic carbocycles. The van der Waals surface area contributed by atoms with Crippen molar-refractivity contribution < 1.29 is 4.42 Å². The summed E-state index contributed by atoms with van der Waals surface area (Å²) in [5, 5.41) is 7.19. The van der Waals surface area contributed by atoms with E-state index in [-0.39, 0.29) is 0 Å². The Hall–Kier alpha value is -8.14. The van der Waals surface area contributed by atoms with Crippen molar-refractivity contribution in [3.63, 3.8) is 0 Å². The average Bonchev–Trinajstić information content (AvgIpc) is 3.88. The van der Waals surface area contributed by atoms with Crippen molar-refractivity contribution in [3.8, 4) is 39.1 Å². The second-order valence-electron chi connectivity index (χ2n) is 15.7. The monoisotopic (exact) mass is 778 g/mol. The molecule has 3 nitrogen and oxygen atoms in total. The fraction of sp³-hybridized carbons (Fsp3) is 0. The molecular formula is C58H38N2O. The molecule has 0 saturated heterocycles. The Labute approximate surface area is 353 Å². The maximum absolute atomic E-state index is 6.65. The van der Waals surface area contributed by atoms with Crippen LogP contribution in [0.5, 0.6) is 0 Å². The molecule has 61 heavy (non-hydrogen) atoms. The summed E-state index contributed by atoms with van der Waals surface area (Å²) in [5.41, 5.74) is 15.4. The molecule has 0 bridgehead atoms. The number of rotatable bonds is 7. The van der Waals surface area contributed by atoms with Gasteiger partial charge in [-0.15, -0.1) is 0 Å². The van der Waals surface area contributed by atoms with Gasteiger partial charge in [0.2, 0.25) is 0 Å². The average molecular weight is 779 g/mol. The van der Waals surface area contributed by atoms with Crippen molar-refractivity contribution in [3.05, 3.63) is 231 Å². The second kappa shape index (κ2) is 14.3. The van der Waals surface area contributed by atoms with Gasteiger partial charge < -0.3 is 13.9 Å². The van der Waals surface area contributed by atoms with E-state index in [1.807, 2.05) is 12.1 Å². The summed E-state index contributed by atoms with van der Waals surface area (Å²) < 4.78 is 9.07. The summed E-state index contributed by atoms with van der Waals surface area (Å²) in [6.45, 7) is 0. The Morgan fingerprint density at radius 2 is 0.885 bits per heavy atom. The quantitative estimate of drug-likeness (QED) is 0.161. The van der Waals surface area contributed by atoms with Crippen LogP contribution in [0.2, 0.25) is 0 Å². The van der Waals surface area contributed by atoms with Crippen LogP contribution in [0.4, 0.5) is 17.1 Å². The molecule has 0 amide bonds.